The van der Waals surface area contributed by atoms with E-state index in [1.54, 1.807) is 21.6 Å². The molecule has 1 aliphatic heterocycles. The van der Waals surface area contributed by atoms with E-state index in [4.69, 9.17) is 11.5 Å². The molecule has 1 fully saturated rings. The Labute approximate surface area is 196 Å². The molecule has 0 aliphatic carbocycles. The molecule has 0 unspecified atom stereocenters. The van der Waals surface area contributed by atoms with Gasteiger partial charge in [-0.2, -0.15) is 0 Å². The van der Waals surface area contributed by atoms with Gasteiger partial charge in [-0.25, -0.2) is 0 Å². The minimum Gasteiger partial charge on any atom is -0.370 e. The van der Waals surface area contributed by atoms with Gasteiger partial charge in [0.25, 0.3) is 0 Å². The second-order valence-corrected chi connectivity index (χ2v) is 10.8. The number of nitrogens with zero attached hydrogens (tertiary/aromatic N) is 1. The van der Waals surface area contributed by atoms with Crippen molar-refractivity contribution in [2.75, 3.05) is 24.6 Å². The Bertz CT molecular complexity index is 524. The van der Waals surface area contributed by atoms with Crippen LogP contribution in [0, 0.1) is 5.92 Å². The van der Waals surface area contributed by atoms with E-state index in [0.717, 1.165) is 24.3 Å². The molecule has 9 heteroatoms. The zero-order chi connectivity index (χ0) is 22.7. The number of nitrogens with one attached hydrogen (secondary N) is 2. The number of carbonyl (C=O) groups is 2. The van der Waals surface area contributed by atoms with Crippen LogP contribution in [0.1, 0.15) is 84.0 Å². The highest BCUT2D eigenvalue weighted by Gasteiger charge is 2.28. The summed E-state index contributed by atoms with van der Waals surface area (Å²) in [5.41, 5.74) is 10.7. The molecule has 180 valence electrons. The van der Waals surface area contributed by atoms with Gasteiger partial charge in [0.05, 0.1) is 5.92 Å². The van der Waals surface area contributed by atoms with Gasteiger partial charge in [0.1, 0.15) is 6.04 Å². The van der Waals surface area contributed by atoms with E-state index in [2.05, 4.69) is 22.5 Å². The van der Waals surface area contributed by atoms with Gasteiger partial charge in [-0.05, 0) is 19.3 Å². The van der Waals surface area contributed by atoms with Crippen molar-refractivity contribution in [1.29, 1.82) is 0 Å². The van der Waals surface area contributed by atoms with E-state index >= 15 is 0 Å². The molecular weight excluding hydrogens is 430 g/mol. The second-order valence-electron chi connectivity index (χ2n) is 8.25. The first-order chi connectivity index (χ1) is 15.0. The Hall–Kier alpha value is -1.09. The van der Waals surface area contributed by atoms with Gasteiger partial charge in [0.15, 0.2) is 5.96 Å². The van der Waals surface area contributed by atoms with Gasteiger partial charge in [0, 0.05) is 24.6 Å². The molecule has 1 rings (SSSR count). The Morgan fingerprint density at radius 1 is 0.935 bits per heavy atom. The van der Waals surface area contributed by atoms with Crippen molar-refractivity contribution in [1.82, 2.24) is 10.6 Å². The largest absolute Gasteiger partial charge is 0.370 e. The normalized spacial score (nSPS) is 14.9. The smallest absolute Gasteiger partial charge is 0.242 e. The molecule has 6 N–H and O–H groups in total. The van der Waals surface area contributed by atoms with Crippen molar-refractivity contribution >= 4 is 39.4 Å². The number of unbranched alkanes of at least 4 members (excludes halogenated alkanes) is 9. The van der Waals surface area contributed by atoms with Crippen molar-refractivity contribution in [2.24, 2.45) is 22.4 Å². The van der Waals surface area contributed by atoms with Crippen LogP contribution in [0.3, 0.4) is 0 Å². The summed E-state index contributed by atoms with van der Waals surface area (Å²) in [6, 6.07) is -0.527. The van der Waals surface area contributed by atoms with Crippen molar-refractivity contribution in [2.45, 2.75) is 90.0 Å². The van der Waals surface area contributed by atoms with Gasteiger partial charge < -0.3 is 22.1 Å². The molecule has 1 atom stereocenters. The summed E-state index contributed by atoms with van der Waals surface area (Å²) in [6.45, 7) is 3.36. The molecule has 0 aromatic rings. The molecule has 1 heterocycles. The van der Waals surface area contributed by atoms with Crippen LogP contribution in [-0.2, 0) is 9.59 Å². The van der Waals surface area contributed by atoms with E-state index in [-0.39, 0.29) is 23.7 Å². The summed E-state index contributed by atoms with van der Waals surface area (Å²) in [7, 11) is 3.42. The van der Waals surface area contributed by atoms with E-state index in [0.29, 0.717) is 25.9 Å². The predicted molar refractivity (Wildman–Crippen MR) is 135 cm³/mol. The van der Waals surface area contributed by atoms with Crippen LogP contribution < -0.4 is 22.1 Å². The highest BCUT2D eigenvalue weighted by molar-refractivity contribution is 8.77. The van der Waals surface area contributed by atoms with Gasteiger partial charge in [-0.1, -0.05) is 86.3 Å². The molecule has 0 aromatic carbocycles. The highest BCUT2D eigenvalue weighted by Crippen LogP contribution is 2.34. The zero-order valence-electron chi connectivity index (χ0n) is 19.2. The Morgan fingerprint density at radius 2 is 1.52 bits per heavy atom. The molecular formula is C22H43N5O2S2. The van der Waals surface area contributed by atoms with Crippen molar-refractivity contribution < 1.29 is 9.59 Å². The van der Waals surface area contributed by atoms with Gasteiger partial charge in [-0.3, -0.25) is 14.6 Å². The van der Waals surface area contributed by atoms with Crippen LogP contribution in [0.5, 0.6) is 0 Å². The number of carbonyl (C=O) groups excluding carboxylic acids is 2. The first-order valence-corrected chi connectivity index (χ1v) is 14.4. The first kappa shape index (κ1) is 27.9. The molecule has 0 spiro atoms. The summed E-state index contributed by atoms with van der Waals surface area (Å²) in [6.07, 6.45) is 13.8. The van der Waals surface area contributed by atoms with Crippen LogP contribution in [0.15, 0.2) is 4.99 Å². The van der Waals surface area contributed by atoms with E-state index in [9.17, 15) is 9.59 Å². The number of aliphatic imine (C=N–C) groups is 1. The summed E-state index contributed by atoms with van der Waals surface area (Å²) in [5.74, 6) is 1.50. The van der Waals surface area contributed by atoms with Crippen LogP contribution in [-0.4, -0.2) is 48.4 Å². The average molecular weight is 474 g/mol. The van der Waals surface area contributed by atoms with Crippen LogP contribution in [0.25, 0.3) is 0 Å². The average Bonchev–Trinajstić information content (AvgIpc) is 3.29. The van der Waals surface area contributed by atoms with E-state index in [1.807, 2.05) is 0 Å². The fourth-order valence-electron chi connectivity index (χ4n) is 3.47. The number of amides is 2. The summed E-state index contributed by atoms with van der Waals surface area (Å²) in [5, 5.41) is 5.95. The summed E-state index contributed by atoms with van der Waals surface area (Å²) < 4.78 is 0. The van der Waals surface area contributed by atoms with Crippen LogP contribution >= 0.6 is 21.6 Å². The maximum atomic E-state index is 12.7. The number of guanidine groups is 1. The third kappa shape index (κ3) is 14.6. The fraction of sp³-hybridized carbons (Fsp3) is 0.864. The second kappa shape index (κ2) is 18.5. The first-order valence-electron chi connectivity index (χ1n) is 11.9. The van der Waals surface area contributed by atoms with Crippen molar-refractivity contribution in [3.63, 3.8) is 0 Å². The molecule has 1 aliphatic rings. The van der Waals surface area contributed by atoms with Crippen molar-refractivity contribution in [3.05, 3.63) is 0 Å². The number of nitrogens with two attached hydrogens (primary N) is 2. The lowest BCUT2D eigenvalue weighted by molar-refractivity contribution is -0.130. The minimum absolute atomic E-state index is 0.0232. The molecule has 0 saturated carbocycles. The molecule has 1 saturated heterocycles. The van der Waals surface area contributed by atoms with Gasteiger partial charge in [0.2, 0.25) is 11.8 Å². The maximum absolute atomic E-state index is 12.7. The molecule has 0 radical (unpaired) electrons. The van der Waals surface area contributed by atoms with Crippen LogP contribution in [0.2, 0.25) is 0 Å². The third-order valence-corrected chi connectivity index (χ3v) is 7.96. The fourth-order valence-corrected chi connectivity index (χ4v) is 6.24. The SMILES string of the molecule is CCCCCCCCCCCCNC(=O)[C@H](CCCN=C(N)N)NC(=O)C1CSSC1. The van der Waals surface area contributed by atoms with E-state index in [1.165, 1.54) is 51.4 Å². The molecule has 31 heavy (non-hydrogen) atoms. The molecule has 0 bridgehead atoms. The summed E-state index contributed by atoms with van der Waals surface area (Å²) in [4.78, 5) is 29.1. The minimum atomic E-state index is -0.527. The zero-order valence-corrected chi connectivity index (χ0v) is 20.8. The monoisotopic (exact) mass is 473 g/mol. The lowest BCUT2D eigenvalue weighted by atomic mass is 10.1. The quantitative estimate of drug-likeness (QED) is 0.104. The molecule has 0 aromatic heterocycles. The standard InChI is InChI=1S/C22H43N5O2S2/c1-2-3-4-5-6-7-8-9-10-11-14-25-21(29)19(13-12-15-26-22(23)24)27-20(28)18-16-30-31-17-18/h18-19H,2-17H2,1H3,(H,25,29)(H,27,28)(H4,23,24,26)/t19-/m0/s1. The number of rotatable bonds is 18. The van der Waals surface area contributed by atoms with Gasteiger partial charge in [-0.15, -0.1) is 0 Å². The van der Waals surface area contributed by atoms with E-state index < -0.39 is 6.04 Å². The third-order valence-electron chi connectivity index (χ3n) is 5.40. The van der Waals surface area contributed by atoms with Gasteiger partial charge >= 0.3 is 0 Å². The van der Waals surface area contributed by atoms with Crippen LogP contribution in [0.4, 0.5) is 0 Å². The maximum Gasteiger partial charge on any atom is 0.242 e. The predicted octanol–water partition coefficient (Wildman–Crippen LogP) is 3.57. The Balaban J connectivity index is 2.24. The number of hydrogen-bond acceptors (Lipinski definition) is 5. The number of hydrogen-bond donors (Lipinski definition) is 4. The Kier molecular flexibility index (Phi) is 16.7. The Morgan fingerprint density at radius 3 is 2.10 bits per heavy atom. The summed E-state index contributed by atoms with van der Waals surface area (Å²) >= 11 is 0. The topological polar surface area (TPSA) is 123 Å². The molecule has 7 nitrogen and oxygen atoms in total. The molecule has 2 amide bonds. The lowest BCUT2D eigenvalue weighted by Crippen LogP contribution is -2.49. The highest BCUT2D eigenvalue weighted by atomic mass is 33.1. The lowest BCUT2D eigenvalue weighted by Gasteiger charge is -2.20. The van der Waals surface area contributed by atoms with Crippen molar-refractivity contribution in [3.8, 4) is 0 Å².